The van der Waals surface area contributed by atoms with Crippen molar-refractivity contribution in [3.05, 3.63) is 23.5 Å². The fourth-order valence-corrected chi connectivity index (χ4v) is 5.51. The van der Waals surface area contributed by atoms with Gasteiger partial charge in [-0.15, -0.1) is 5.53 Å². The lowest BCUT2D eigenvalue weighted by Crippen LogP contribution is -2.67. The van der Waals surface area contributed by atoms with Gasteiger partial charge in [-0.3, -0.25) is 0 Å². The number of nitrogens with one attached hydrogen (secondary N) is 4. The van der Waals surface area contributed by atoms with Gasteiger partial charge in [0, 0.05) is 23.2 Å². The molecule has 4 fully saturated rings. The Hall–Kier alpha value is -1.79. The highest BCUT2D eigenvalue weighted by molar-refractivity contribution is 5.87. The second-order valence-corrected chi connectivity index (χ2v) is 8.71. The van der Waals surface area contributed by atoms with Crippen LogP contribution in [0, 0.1) is 17.8 Å². The summed E-state index contributed by atoms with van der Waals surface area (Å²) in [5, 5.41) is 5.92. The Morgan fingerprint density at radius 2 is 2.04 bits per heavy atom. The van der Waals surface area contributed by atoms with Crippen molar-refractivity contribution in [2.75, 3.05) is 6.54 Å². The second-order valence-electron chi connectivity index (χ2n) is 8.71. The normalized spacial score (nSPS) is 37.9. The molecule has 0 unspecified atom stereocenters. The largest absolute Gasteiger partial charge is 0.346 e. The van der Waals surface area contributed by atoms with Gasteiger partial charge in [0.1, 0.15) is 12.2 Å². The van der Waals surface area contributed by atoms with Gasteiger partial charge in [-0.25, -0.2) is 10.0 Å². The van der Waals surface area contributed by atoms with Crippen LogP contribution >= 0.6 is 0 Å². The van der Waals surface area contributed by atoms with Crippen molar-refractivity contribution in [2.24, 2.45) is 22.7 Å². The Bertz CT molecular complexity index is 737. The predicted molar refractivity (Wildman–Crippen MR) is 97.5 cm³/mol. The smallest absolute Gasteiger partial charge is 0.141 e. The van der Waals surface area contributed by atoms with E-state index in [0.29, 0.717) is 11.5 Å². The molecule has 0 spiro atoms. The fraction of sp³-hybridized carbons (Fsp3) is 0.632. The van der Waals surface area contributed by atoms with Crippen molar-refractivity contribution in [1.29, 1.82) is 0 Å². The van der Waals surface area contributed by atoms with Gasteiger partial charge in [0.05, 0.1) is 11.4 Å². The van der Waals surface area contributed by atoms with Crippen molar-refractivity contribution in [3.8, 4) is 0 Å². The fourth-order valence-electron chi connectivity index (χ4n) is 5.51. The van der Waals surface area contributed by atoms with Gasteiger partial charge in [-0.05, 0) is 69.4 Å². The maximum atomic E-state index is 4.45. The lowest BCUT2D eigenvalue weighted by atomic mass is 9.50. The first kappa shape index (κ1) is 14.4. The molecular weight excluding hydrogens is 312 g/mol. The van der Waals surface area contributed by atoms with E-state index < -0.39 is 0 Å². The zero-order valence-electron chi connectivity index (χ0n) is 14.5. The molecule has 0 radical (unpaired) electrons. The van der Waals surface area contributed by atoms with Gasteiger partial charge in [0.2, 0.25) is 0 Å². The number of allylic oxidation sites excluding steroid dienone is 1. The summed E-state index contributed by atoms with van der Waals surface area (Å²) in [6, 6.07) is 2.13. The molecule has 7 rings (SSSR count). The minimum atomic E-state index is 0.579. The molecule has 2 aliphatic heterocycles. The second kappa shape index (κ2) is 5.11. The van der Waals surface area contributed by atoms with E-state index in [2.05, 4.69) is 32.3 Å². The van der Waals surface area contributed by atoms with Gasteiger partial charge in [-0.2, -0.15) is 0 Å². The zero-order valence-corrected chi connectivity index (χ0v) is 14.5. The Labute approximate surface area is 148 Å². The van der Waals surface area contributed by atoms with E-state index in [0.717, 1.165) is 17.7 Å². The lowest BCUT2D eigenvalue weighted by molar-refractivity contribution is -0.0538. The van der Waals surface area contributed by atoms with Crippen LogP contribution in [-0.2, 0) is 0 Å². The SMILES string of the molecule is C1=Nc2[nH]ccc2C2=C(C3CCC(CNC45CC(C4)C5)CC3)NNN12. The van der Waals surface area contributed by atoms with Gasteiger partial charge < -0.3 is 15.7 Å². The van der Waals surface area contributed by atoms with Crippen LogP contribution in [0.25, 0.3) is 5.70 Å². The molecule has 2 bridgehead atoms. The van der Waals surface area contributed by atoms with Crippen molar-refractivity contribution in [3.63, 3.8) is 0 Å². The topological polar surface area (TPSA) is 67.5 Å². The van der Waals surface area contributed by atoms with Gasteiger partial charge in [0.15, 0.2) is 0 Å². The summed E-state index contributed by atoms with van der Waals surface area (Å²) >= 11 is 0. The highest BCUT2D eigenvalue weighted by Crippen LogP contribution is 2.57. The zero-order chi connectivity index (χ0) is 16.4. The van der Waals surface area contributed by atoms with Crippen molar-refractivity contribution in [2.45, 2.75) is 50.5 Å². The average Bonchev–Trinajstić information content (AvgIpc) is 3.18. The van der Waals surface area contributed by atoms with Crippen LogP contribution in [0.15, 0.2) is 23.0 Å². The van der Waals surface area contributed by atoms with Crippen LogP contribution in [-0.4, -0.2) is 28.4 Å². The molecule has 1 aromatic heterocycles. The standard InChI is InChI=1S/C19H26N6/c1-3-14(4-2-12(1)10-22-19-7-13(8-19)9-19)16-17-15-5-6-20-18(15)21-11-25(17)24-23-16/h5-6,11-14,20,22-24H,1-4,7-10H2. The summed E-state index contributed by atoms with van der Waals surface area (Å²) in [6.45, 7) is 1.23. The van der Waals surface area contributed by atoms with Crippen molar-refractivity contribution in [1.82, 2.24) is 26.3 Å². The minimum Gasteiger partial charge on any atom is -0.346 e. The Kier molecular flexibility index (Phi) is 2.94. The molecule has 3 heterocycles. The monoisotopic (exact) mass is 338 g/mol. The highest BCUT2D eigenvalue weighted by Gasteiger charge is 2.56. The van der Waals surface area contributed by atoms with Gasteiger partial charge in [0.25, 0.3) is 0 Å². The molecular formula is C19H26N6. The van der Waals surface area contributed by atoms with Crippen LogP contribution in [0.3, 0.4) is 0 Å². The molecule has 0 saturated heterocycles. The Balaban J connectivity index is 1.14. The molecule has 25 heavy (non-hydrogen) atoms. The Morgan fingerprint density at radius 1 is 1.20 bits per heavy atom. The molecule has 0 atom stereocenters. The van der Waals surface area contributed by atoms with Crippen LogP contribution in [0.5, 0.6) is 0 Å². The third kappa shape index (κ3) is 2.13. The van der Waals surface area contributed by atoms with E-state index in [1.165, 1.54) is 68.4 Å². The number of hydrazine groups is 2. The van der Waals surface area contributed by atoms with Crippen molar-refractivity contribution < 1.29 is 0 Å². The number of aliphatic imine (C=N–C) groups is 1. The predicted octanol–water partition coefficient (Wildman–Crippen LogP) is 2.63. The van der Waals surface area contributed by atoms with E-state index >= 15 is 0 Å². The number of rotatable bonds is 4. The molecule has 0 amide bonds. The highest BCUT2D eigenvalue weighted by atomic mass is 15.7. The third-order valence-corrected chi connectivity index (χ3v) is 7.15. The number of H-pyrrole nitrogens is 1. The summed E-state index contributed by atoms with van der Waals surface area (Å²) < 4.78 is 0. The minimum absolute atomic E-state index is 0.579. The summed E-state index contributed by atoms with van der Waals surface area (Å²) in [4.78, 5) is 7.68. The lowest BCUT2D eigenvalue weighted by Gasteiger charge is -2.62. The Morgan fingerprint density at radius 3 is 2.80 bits per heavy atom. The van der Waals surface area contributed by atoms with Crippen LogP contribution in [0.4, 0.5) is 5.82 Å². The number of fused-ring (bicyclic) bond motifs is 3. The molecule has 1 aromatic rings. The first-order valence-electron chi connectivity index (χ1n) is 9.82. The molecule has 6 heteroatoms. The van der Waals surface area contributed by atoms with E-state index in [1.807, 2.05) is 17.5 Å². The number of hydrogen-bond acceptors (Lipinski definition) is 5. The van der Waals surface area contributed by atoms with Gasteiger partial charge >= 0.3 is 0 Å². The van der Waals surface area contributed by atoms with E-state index in [9.17, 15) is 0 Å². The first-order chi connectivity index (χ1) is 12.3. The summed E-state index contributed by atoms with van der Waals surface area (Å²) in [7, 11) is 0. The molecule has 6 aliphatic rings. The number of aromatic nitrogens is 1. The third-order valence-electron chi connectivity index (χ3n) is 7.15. The summed E-state index contributed by atoms with van der Waals surface area (Å²) in [5.74, 6) is 3.51. The molecule has 4 saturated carbocycles. The number of nitrogens with zero attached hydrogens (tertiary/aromatic N) is 2. The number of hydrogen-bond donors (Lipinski definition) is 4. The molecule has 0 aromatic carbocycles. The molecule has 4 aliphatic carbocycles. The first-order valence-corrected chi connectivity index (χ1v) is 9.82. The maximum absolute atomic E-state index is 4.45. The van der Waals surface area contributed by atoms with Crippen LogP contribution < -0.4 is 16.3 Å². The summed E-state index contributed by atoms with van der Waals surface area (Å²) in [6.07, 6.45) is 13.4. The van der Waals surface area contributed by atoms with E-state index in [-0.39, 0.29) is 0 Å². The molecule has 6 nitrogen and oxygen atoms in total. The summed E-state index contributed by atoms with van der Waals surface area (Å²) in [5.41, 5.74) is 11.0. The van der Waals surface area contributed by atoms with E-state index in [4.69, 9.17) is 0 Å². The quantitative estimate of drug-likeness (QED) is 0.681. The van der Waals surface area contributed by atoms with Crippen LogP contribution in [0.2, 0.25) is 0 Å². The van der Waals surface area contributed by atoms with E-state index in [1.54, 1.807) is 0 Å². The number of aromatic amines is 1. The molecule has 132 valence electrons. The van der Waals surface area contributed by atoms with Gasteiger partial charge in [-0.1, -0.05) is 0 Å². The van der Waals surface area contributed by atoms with Crippen LogP contribution in [0.1, 0.15) is 50.5 Å². The maximum Gasteiger partial charge on any atom is 0.141 e. The van der Waals surface area contributed by atoms with Crippen molar-refractivity contribution >= 4 is 17.9 Å². The average molecular weight is 338 g/mol. The molecule has 4 N–H and O–H groups in total.